The van der Waals surface area contributed by atoms with Gasteiger partial charge in [0.05, 0.1) is 17.4 Å². The van der Waals surface area contributed by atoms with Gasteiger partial charge in [-0.2, -0.15) is 4.98 Å². The third-order valence-corrected chi connectivity index (χ3v) is 2.82. The van der Waals surface area contributed by atoms with E-state index < -0.39 is 11.0 Å². The molecule has 1 unspecified atom stereocenters. The number of aromatic nitrogens is 2. The average Bonchev–Trinajstić information content (AvgIpc) is 2.87. The van der Waals surface area contributed by atoms with E-state index in [1.54, 1.807) is 12.1 Å². The van der Waals surface area contributed by atoms with E-state index in [-0.39, 0.29) is 17.9 Å². The number of nitrogens with zero attached hydrogens (tertiary/aromatic N) is 3. The maximum Gasteiger partial charge on any atom is 0.270 e. The molecule has 0 radical (unpaired) electrons. The Labute approximate surface area is 115 Å². The highest BCUT2D eigenvalue weighted by Gasteiger charge is 2.14. The largest absolute Gasteiger partial charge is 0.393 e. The fourth-order valence-corrected chi connectivity index (χ4v) is 1.85. The van der Waals surface area contributed by atoms with Crippen molar-refractivity contribution in [2.45, 2.75) is 32.3 Å². The molecule has 7 nitrogen and oxygen atoms in total. The lowest BCUT2D eigenvalue weighted by Gasteiger charge is -2.03. The van der Waals surface area contributed by atoms with Gasteiger partial charge in [0.15, 0.2) is 0 Å². The Bertz CT molecular complexity index is 597. The lowest BCUT2D eigenvalue weighted by Crippen LogP contribution is -2.09. The van der Waals surface area contributed by atoms with Crippen LogP contribution in [0.5, 0.6) is 0 Å². The van der Waals surface area contributed by atoms with Crippen LogP contribution in [0.2, 0.25) is 0 Å². The highest BCUT2D eigenvalue weighted by atomic mass is 16.6. The number of nitro benzene ring substituents is 1. The molecular weight excluding hydrogens is 262 g/mol. The molecule has 1 aromatic heterocycles. The predicted molar refractivity (Wildman–Crippen MR) is 71.0 cm³/mol. The van der Waals surface area contributed by atoms with Crippen molar-refractivity contribution in [2.75, 3.05) is 0 Å². The number of aliphatic hydroxyl groups is 1. The van der Waals surface area contributed by atoms with E-state index in [9.17, 15) is 15.2 Å². The molecule has 1 N–H and O–H groups in total. The van der Waals surface area contributed by atoms with Crippen molar-refractivity contribution in [2.24, 2.45) is 0 Å². The molecule has 0 aliphatic rings. The summed E-state index contributed by atoms with van der Waals surface area (Å²) in [5.74, 6) is 0.611. The molecule has 0 aliphatic carbocycles. The number of non-ortho nitro benzene ring substituents is 1. The Balaban J connectivity index is 2.16. The molecule has 0 saturated heterocycles. The van der Waals surface area contributed by atoms with Crippen LogP contribution in [0.1, 0.15) is 25.7 Å². The summed E-state index contributed by atoms with van der Waals surface area (Å²) in [5.41, 5.74) is 0.485. The highest BCUT2D eigenvalue weighted by molar-refractivity contribution is 5.58. The molecule has 2 rings (SSSR count). The minimum absolute atomic E-state index is 0.0279. The summed E-state index contributed by atoms with van der Waals surface area (Å²) in [5, 5.41) is 24.2. The third-order valence-electron chi connectivity index (χ3n) is 2.82. The van der Waals surface area contributed by atoms with Crippen molar-refractivity contribution in [3.63, 3.8) is 0 Å². The molecule has 106 valence electrons. The fourth-order valence-electron chi connectivity index (χ4n) is 1.85. The summed E-state index contributed by atoms with van der Waals surface area (Å²) in [4.78, 5) is 14.4. The topological polar surface area (TPSA) is 102 Å². The summed E-state index contributed by atoms with van der Waals surface area (Å²) in [6, 6.07) is 6.02. The van der Waals surface area contributed by atoms with Crippen molar-refractivity contribution in [3.05, 3.63) is 40.3 Å². The standard InChI is InChI=1S/C13H15N3O4/c1-2-4-11(17)8-12-14-13(15-20-12)9-5-3-6-10(7-9)16(18)19/h3,5-7,11,17H,2,4,8H2,1H3. The van der Waals surface area contributed by atoms with Crippen LogP contribution in [0.25, 0.3) is 11.4 Å². The lowest BCUT2D eigenvalue weighted by atomic mass is 10.1. The molecule has 0 spiro atoms. The van der Waals surface area contributed by atoms with Crippen molar-refractivity contribution >= 4 is 5.69 Å². The Morgan fingerprint density at radius 3 is 3.00 bits per heavy atom. The van der Waals surface area contributed by atoms with E-state index in [0.29, 0.717) is 17.9 Å². The van der Waals surface area contributed by atoms with Crippen LogP contribution < -0.4 is 0 Å². The van der Waals surface area contributed by atoms with E-state index in [0.717, 1.165) is 6.42 Å². The number of rotatable bonds is 6. The first-order valence-corrected chi connectivity index (χ1v) is 6.35. The van der Waals surface area contributed by atoms with Crippen LogP contribution in [0.3, 0.4) is 0 Å². The first kappa shape index (κ1) is 14.1. The molecule has 0 amide bonds. The van der Waals surface area contributed by atoms with Gasteiger partial charge >= 0.3 is 0 Å². The van der Waals surface area contributed by atoms with E-state index in [4.69, 9.17) is 4.52 Å². The molecular formula is C13H15N3O4. The SMILES string of the molecule is CCCC(O)Cc1nc(-c2cccc([N+](=O)[O-])c2)no1. The van der Waals surface area contributed by atoms with E-state index >= 15 is 0 Å². The first-order valence-electron chi connectivity index (χ1n) is 6.35. The maximum atomic E-state index is 10.7. The molecule has 0 bridgehead atoms. The van der Waals surface area contributed by atoms with Crippen molar-refractivity contribution in [1.82, 2.24) is 10.1 Å². The van der Waals surface area contributed by atoms with Crippen LogP contribution in [0.15, 0.2) is 28.8 Å². The molecule has 7 heteroatoms. The first-order chi connectivity index (χ1) is 9.60. The highest BCUT2D eigenvalue weighted by Crippen LogP contribution is 2.21. The van der Waals surface area contributed by atoms with Crippen molar-refractivity contribution in [3.8, 4) is 11.4 Å². The predicted octanol–water partition coefficient (Wildman–Crippen LogP) is 2.35. The van der Waals surface area contributed by atoms with Gasteiger partial charge in [0, 0.05) is 17.7 Å². The van der Waals surface area contributed by atoms with E-state index in [2.05, 4.69) is 10.1 Å². The summed E-state index contributed by atoms with van der Waals surface area (Å²) < 4.78 is 5.05. The smallest absolute Gasteiger partial charge is 0.270 e. The molecule has 2 aromatic rings. The van der Waals surface area contributed by atoms with Gasteiger partial charge in [-0.15, -0.1) is 0 Å². The van der Waals surface area contributed by atoms with Crippen LogP contribution in [-0.2, 0) is 6.42 Å². The van der Waals surface area contributed by atoms with Gasteiger partial charge in [0.25, 0.3) is 5.69 Å². The number of nitro groups is 1. The van der Waals surface area contributed by atoms with E-state index in [1.807, 2.05) is 6.92 Å². The Morgan fingerprint density at radius 1 is 1.50 bits per heavy atom. The van der Waals surface area contributed by atoms with Crippen LogP contribution in [0, 0.1) is 10.1 Å². The van der Waals surface area contributed by atoms with Gasteiger partial charge in [-0.05, 0) is 6.42 Å². The van der Waals surface area contributed by atoms with Crippen LogP contribution in [-0.4, -0.2) is 26.3 Å². The minimum Gasteiger partial charge on any atom is -0.393 e. The maximum absolute atomic E-state index is 10.7. The summed E-state index contributed by atoms with van der Waals surface area (Å²) in [7, 11) is 0. The summed E-state index contributed by atoms with van der Waals surface area (Å²) in [6.45, 7) is 1.98. The summed E-state index contributed by atoms with van der Waals surface area (Å²) in [6.07, 6.45) is 1.30. The van der Waals surface area contributed by atoms with Gasteiger partial charge in [-0.1, -0.05) is 30.6 Å². The zero-order chi connectivity index (χ0) is 14.5. The number of aliphatic hydroxyl groups excluding tert-OH is 1. The summed E-state index contributed by atoms with van der Waals surface area (Å²) >= 11 is 0. The Kier molecular flexibility index (Phi) is 4.41. The van der Waals surface area contributed by atoms with Crippen LogP contribution >= 0.6 is 0 Å². The van der Waals surface area contributed by atoms with Gasteiger partial charge in [-0.3, -0.25) is 10.1 Å². The second-order valence-corrected chi connectivity index (χ2v) is 4.47. The zero-order valence-corrected chi connectivity index (χ0v) is 11.0. The second kappa shape index (κ2) is 6.25. The number of benzene rings is 1. The fraction of sp³-hybridized carbons (Fsp3) is 0.385. The van der Waals surface area contributed by atoms with Gasteiger partial charge < -0.3 is 9.63 Å². The van der Waals surface area contributed by atoms with E-state index in [1.165, 1.54) is 12.1 Å². The van der Waals surface area contributed by atoms with Gasteiger partial charge in [0.1, 0.15) is 0 Å². The third kappa shape index (κ3) is 3.39. The quantitative estimate of drug-likeness (QED) is 0.642. The Morgan fingerprint density at radius 2 is 2.30 bits per heavy atom. The van der Waals surface area contributed by atoms with Gasteiger partial charge in [0.2, 0.25) is 11.7 Å². The zero-order valence-electron chi connectivity index (χ0n) is 11.0. The molecule has 0 fully saturated rings. The number of hydrogen-bond acceptors (Lipinski definition) is 6. The van der Waals surface area contributed by atoms with Crippen molar-refractivity contribution < 1.29 is 14.6 Å². The average molecular weight is 277 g/mol. The number of hydrogen-bond donors (Lipinski definition) is 1. The monoisotopic (exact) mass is 277 g/mol. The van der Waals surface area contributed by atoms with Crippen LogP contribution in [0.4, 0.5) is 5.69 Å². The van der Waals surface area contributed by atoms with Crippen molar-refractivity contribution in [1.29, 1.82) is 0 Å². The van der Waals surface area contributed by atoms with Gasteiger partial charge in [-0.25, -0.2) is 0 Å². The molecule has 1 atom stereocenters. The molecule has 1 aromatic carbocycles. The molecule has 0 saturated carbocycles. The normalized spacial score (nSPS) is 12.3. The second-order valence-electron chi connectivity index (χ2n) is 4.47. The Hall–Kier alpha value is -2.28. The molecule has 20 heavy (non-hydrogen) atoms. The lowest BCUT2D eigenvalue weighted by molar-refractivity contribution is -0.384. The minimum atomic E-state index is -0.515. The molecule has 0 aliphatic heterocycles. The molecule has 1 heterocycles.